The van der Waals surface area contributed by atoms with E-state index >= 15 is 0 Å². The number of hydrogen-bond acceptors (Lipinski definition) is 3. The predicted molar refractivity (Wildman–Crippen MR) is 83.6 cm³/mol. The Kier molecular flexibility index (Phi) is 5.45. The van der Waals surface area contributed by atoms with Crippen LogP contribution in [0.5, 0.6) is 0 Å². The van der Waals surface area contributed by atoms with E-state index in [0.29, 0.717) is 19.1 Å². The fourth-order valence-corrected chi connectivity index (χ4v) is 3.22. The highest BCUT2D eigenvalue weighted by atomic mass is 16.3. The minimum atomic E-state index is -0.390. The van der Waals surface area contributed by atoms with Gasteiger partial charge in [-0.2, -0.15) is 0 Å². The third-order valence-electron chi connectivity index (χ3n) is 4.46. The molecule has 1 aromatic rings. The molecule has 4 nitrogen and oxygen atoms in total. The lowest BCUT2D eigenvalue weighted by atomic mass is 9.77. The lowest BCUT2D eigenvalue weighted by molar-refractivity contribution is -0.144. The van der Waals surface area contributed by atoms with Crippen LogP contribution in [-0.4, -0.2) is 23.4 Å². The maximum atomic E-state index is 13.2. The van der Waals surface area contributed by atoms with Gasteiger partial charge >= 0.3 is 0 Å². The highest BCUT2D eigenvalue weighted by Crippen LogP contribution is 2.37. The van der Waals surface area contributed by atoms with E-state index in [2.05, 4.69) is 13.8 Å². The summed E-state index contributed by atoms with van der Waals surface area (Å²) in [5.41, 5.74) is 5.65. The first-order valence-electron chi connectivity index (χ1n) is 8.20. The number of carbonyl (C=O) groups excluding carboxylic acids is 1. The molecule has 0 aliphatic heterocycles. The average Bonchev–Trinajstić information content (AvgIpc) is 3.20. The number of amides is 1. The van der Waals surface area contributed by atoms with Crippen LogP contribution in [0.25, 0.3) is 0 Å². The molecule has 0 saturated heterocycles. The van der Waals surface area contributed by atoms with Crippen LogP contribution in [0.15, 0.2) is 22.8 Å². The summed E-state index contributed by atoms with van der Waals surface area (Å²) in [7, 11) is 0. The zero-order chi connectivity index (χ0) is 15.3. The summed E-state index contributed by atoms with van der Waals surface area (Å²) in [6.07, 6.45) is 7.59. The van der Waals surface area contributed by atoms with Gasteiger partial charge in [0.25, 0.3) is 0 Å². The van der Waals surface area contributed by atoms with Gasteiger partial charge in [-0.1, -0.05) is 26.7 Å². The first-order valence-corrected chi connectivity index (χ1v) is 8.20. The van der Waals surface area contributed by atoms with Crippen molar-refractivity contribution in [1.82, 2.24) is 4.90 Å². The number of furan rings is 1. The van der Waals surface area contributed by atoms with Crippen LogP contribution in [0.2, 0.25) is 0 Å². The summed E-state index contributed by atoms with van der Waals surface area (Å²) in [6.45, 7) is 5.27. The van der Waals surface area contributed by atoms with Crippen molar-refractivity contribution in [2.45, 2.75) is 65.0 Å². The van der Waals surface area contributed by atoms with E-state index in [9.17, 15) is 4.79 Å². The van der Waals surface area contributed by atoms with Crippen molar-refractivity contribution in [3.8, 4) is 0 Å². The minimum Gasteiger partial charge on any atom is -0.467 e. The number of hydrogen-bond donors (Lipinski definition) is 1. The Morgan fingerprint density at radius 1 is 1.38 bits per heavy atom. The fourth-order valence-electron chi connectivity index (χ4n) is 3.22. The fraction of sp³-hybridized carbons (Fsp3) is 0.706. The van der Waals surface area contributed by atoms with Crippen LogP contribution < -0.4 is 5.73 Å². The second-order valence-corrected chi connectivity index (χ2v) is 6.23. The summed E-state index contributed by atoms with van der Waals surface area (Å²) in [5.74, 6) is 1.08. The summed E-state index contributed by atoms with van der Waals surface area (Å²) in [4.78, 5) is 15.2. The predicted octanol–water partition coefficient (Wildman–Crippen LogP) is 3.32. The summed E-state index contributed by atoms with van der Waals surface area (Å²) < 4.78 is 5.43. The van der Waals surface area contributed by atoms with Gasteiger partial charge < -0.3 is 15.1 Å². The minimum absolute atomic E-state index is 0.229. The van der Waals surface area contributed by atoms with Crippen molar-refractivity contribution in [2.24, 2.45) is 11.1 Å². The highest BCUT2D eigenvalue weighted by Gasteiger charge is 2.43. The Morgan fingerprint density at radius 2 is 2.05 bits per heavy atom. The quantitative estimate of drug-likeness (QED) is 0.759. The Bertz CT molecular complexity index is 432. The van der Waals surface area contributed by atoms with E-state index in [4.69, 9.17) is 10.2 Å². The van der Waals surface area contributed by atoms with Gasteiger partial charge in [-0.15, -0.1) is 0 Å². The van der Waals surface area contributed by atoms with Crippen LogP contribution in [0.4, 0.5) is 0 Å². The molecule has 1 fully saturated rings. The molecule has 0 bridgehead atoms. The number of carbonyl (C=O) groups is 1. The van der Waals surface area contributed by atoms with E-state index < -0.39 is 5.41 Å². The summed E-state index contributed by atoms with van der Waals surface area (Å²) in [5, 5.41) is 0. The van der Waals surface area contributed by atoms with Gasteiger partial charge in [0.05, 0.1) is 18.2 Å². The standard InChI is InChI=1S/C17H28N2O2/c1-3-9-17(13-18,10-4-2)16(20)19(14-7-8-14)12-15-6-5-11-21-15/h5-6,11,14H,3-4,7-10,12-13,18H2,1-2H3. The zero-order valence-electron chi connectivity index (χ0n) is 13.3. The molecule has 1 amide bonds. The van der Waals surface area contributed by atoms with E-state index in [1.807, 2.05) is 17.0 Å². The lowest BCUT2D eigenvalue weighted by Crippen LogP contribution is -2.48. The molecule has 0 radical (unpaired) electrons. The van der Waals surface area contributed by atoms with E-state index in [1.54, 1.807) is 6.26 Å². The second-order valence-electron chi connectivity index (χ2n) is 6.23. The molecule has 1 heterocycles. The van der Waals surface area contributed by atoms with Gasteiger partial charge in [-0.25, -0.2) is 0 Å². The average molecular weight is 292 g/mol. The molecule has 0 unspecified atom stereocenters. The molecule has 0 spiro atoms. The van der Waals surface area contributed by atoms with Crippen LogP contribution in [0, 0.1) is 5.41 Å². The van der Waals surface area contributed by atoms with Crippen LogP contribution in [0.3, 0.4) is 0 Å². The van der Waals surface area contributed by atoms with E-state index in [1.165, 1.54) is 0 Å². The zero-order valence-corrected chi connectivity index (χ0v) is 13.3. The molecule has 1 aliphatic rings. The third-order valence-corrected chi connectivity index (χ3v) is 4.46. The first kappa shape index (κ1) is 16.1. The molecule has 118 valence electrons. The molecule has 2 N–H and O–H groups in total. The maximum Gasteiger partial charge on any atom is 0.230 e. The molecule has 1 aliphatic carbocycles. The van der Waals surface area contributed by atoms with Gasteiger partial charge in [-0.3, -0.25) is 4.79 Å². The molecular formula is C17H28N2O2. The van der Waals surface area contributed by atoms with E-state index in [-0.39, 0.29) is 5.91 Å². The summed E-state index contributed by atoms with van der Waals surface area (Å²) >= 11 is 0. The molecule has 2 rings (SSSR count). The Balaban J connectivity index is 2.18. The second kappa shape index (κ2) is 7.12. The van der Waals surface area contributed by atoms with Gasteiger partial charge in [-0.05, 0) is 37.8 Å². The number of nitrogens with two attached hydrogens (primary N) is 1. The highest BCUT2D eigenvalue weighted by molar-refractivity contribution is 5.83. The van der Waals surface area contributed by atoms with Crippen LogP contribution >= 0.6 is 0 Å². The Hall–Kier alpha value is -1.29. The molecule has 0 atom stereocenters. The molecule has 4 heteroatoms. The number of rotatable bonds is 9. The molecule has 0 aromatic carbocycles. The van der Waals surface area contributed by atoms with Crippen molar-refractivity contribution < 1.29 is 9.21 Å². The smallest absolute Gasteiger partial charge is 0.230 e. The first-order chi connectivity index (χ1) is 10.2. The monoisotopic (exact) mass is 292 g/mol. The molecule has 1 aromatic heterocycles. The van der Waals surface area contributed by atoms with Crippen molar-refractivity contribution in [3.63, 3.8) is 0 Å². The van der Waals surface area contributed by atoms with Crippen molar-refractivity contribution in [3.05, 3.63) is 24.2 Å². The van der Waals surface area contributed by atoms with Crippen molar-refractivity contribution in [2.75, 3.05) is 6.54 Å². The maximum absolute atomic E-state index is 13.2. The summed E-state index contributed by atoms with van der Waals surface area (Å²) in [6, 6.07) is 4.19. The van der Waals surface area contributed by atoms with Gasteiger partial charge in [0.2, 0.25) is 5.91 Å². The van der Waals surface area contributed by atoms with Crippen molar-refractivity contribution in [1.29, 1.82) is 0 Å². The normalized spacial score (nSPS) is 15.2. The van der Waals surface area contributed by atoms with Crippen LogP contribution in [-0.2, 0) is 11.3 Å². The lowest BCUT2D eigenvalue weighted by Gasteiger charge is -2.36. The van der Waals surface area contributed by atoms with Crippen LogP contribution in [0.1, 0.15) is 58.1 Å². The van der Waals surface area contributed by atoms with E-state index in [0.717, 1.165) is 44.3 Å². The molecule has 21 heavy (non-hydrogen) atoms. The largest absolute Gasteiger partial charge is 0.467 e. The number of nitrogens with zero attached hydrogens (tertiary/aromatic N) is 1. The van der Waals surface area contributed by atoms with Gasteiger partial charge in [0, 0.05) is 12.6 Å². The molecular weight excluding hydrogens is 264 g/mol. The Labute approximate surface area is 127 Å². The third kappa shape index (κ3) is 3.67. The van der Waals surface area contributed by atoms with Crippen molar-refractivity contribution >= 4 is 5.91 Å². The SMILES string of the molecule is CCCC(CN)(CCC)C(=O)N(Cc1ccco1)C1CC1. The van der Waals surface area contributed by atoms with Gasteiger partial charge in [0.15, 0.2) is 0 Å². The Morgan fingerprint density at radius 3 is 2.48 bits per heavy atom. The van der Waals surface area contributed by atoms with Gasteiger partial charge in [0.1, 0.15) is 5.76 Å². The topological polar surface area (TPSA) is 59.5 Å². The molecule has 1 saturated carbocycles.